The molecule has 1 aliphatic rings. The molecule has 0 radical (unpaired) electrons. The van der Waals surface area contributed by atoms with Crippen molar-refractivity contribution in [1.29, 1.82) is 0 Å². The molecule has 27 heavy (non-hydrogen) atoms. The van der Waals surface area contributed by atoms with Gasteiger partial charge in [0.05, 0.1) is 12.6 Å². The molecule has 0 bridgehead atoms. The second-order valence-electron chi connectivity index (χ2n) is 7.42. The largest absolute Gasteiger partial charge is 0.450 e. The maximum atomic E-state index is 11.7. The summed E-state index contributed by atoms with van der Waals surface area (Å²) in [6, 6.07) is 0.0572. The van der Waals surface area contributed by atoms with Crippen molar-refractivity contribution in [2.45, 2.75) is 59.4 Å². The summed E-state index contributed by atoms with van der Waals surface area (Å²) in [7, 11) is 0. The average Bonchev–Trinajstić information content (AvgIpc) is 3.40. The van der Waals surface area contributed by atoms with Gasteiger partial charge in [0.1, 0.15) is 0 Å². The summed E-state index contributed by atoms with van der Waals surface area (Å²) in [6.45, 7) is 10.9. The van der Waals surface area contributed by atoms with Gasteiger partial charge in [-0.05, 0) is 57.3 Å². The van der Waals surface area contributed by atoms with Crippen molar-refractivity contribution >= 4 is 36.0 Å². The third kappa shape index (κ3) is 12.3. The predicted molar refractivity (Wildman–Crippen MR) is 121 cm³/mol. The molecule has 0 spiro atoms. The number of hydrogen-bond donors (Lipinski definition) is 4. The van der Waals surface area contributed by atoms with Crippen LogP contribution in [0.5, 0.6) is 0 Å². The first-order valence-electron chi connectivity index (χ1n) is 10.1. The van der Waals surface area contributed by atoms with Crippen LogP contribution in [0.4, 0.5) is 4.79 Å². The number of rotatable bonds is 12. The van der Waals surface area contributed by atoms with E-state index in [1.807, 2.05) is 6.92 Å². The Hall–Kier alpha value is -0.770. The molecular formula is C19H39IN4O3. The monoisotopic (exact) mass is 498 g/mol. The van der Waals surface area contributed by atoms with Gasteiger partial charge in [0, 0.05) is 26.2 Å². The SMILES string of the molecule is CCNC(=NCC(CCO)CC(C)C)NCC(NC(=O)OCC)C1CC1.I. The van der Waals surface area contributed by atoms with E-state index in [0.717, 1.165) is 38.2 Å². The number of ether oxygens (including phenoxy) is 1. The molecule has 1 fully saturated rings. The molecule has 0 aromatic rings. The number of carbonyl (C=O) groups excluding carboxylic acids is 1. The highest BCUT2D eigenvalue weighted by molar-refractivity contribution is 14.0. The van der Waals surface area contributed by atoms with Crippen LogP contribution in [0.3, 0.4) is 0 Å². The molecule has 2 unspecified atom stereocenters. The van der Waals surface area contributed by atoms with Crippen molar-refractivity contribution in [2.75, 3.05) is 32.8 Å². The Labute approximate surface area is 181 Å². The summed E-state index contributed by atoms with van der Waals surface area (Å²) in [6.07, 6.45) is 3.75. The van der Waals surface area contributed by atoms with E-state index in [4.69, 9.17) is 9.73 Å². The van der Waals surface area contributed by atoms with Crippen molar-refractivity contribution in [3.63, 3.8) is 0 Å². The Kier molecular flexibility index (Phi) is 14.8. The highest BCUT2D eigenvalue weighted by Crippen LogP contribution is 2.32. The zero-order valence-electron chi connectivity index (χ0n) is 17.3. The van der Waals surface area contributed by atoms with Gasteiger partial charge < -0.3 is 25.8 Å². The van der Waals surface area contributed by atoms with E-state index in [0.29, 0.717) is 37.5 Å². The van der Waals surface area contributed by atoms with E-state index >= 15 is 0 Å². The van der Waals surface area contributed by atoms with Crippen LogP contribution in [-0.2, 0) is 4.74 Å². The van der Waals surface area contributed by atoms with Crippen LogP contribution in [-0.4, -0.2) is 56.0 Å². The highest BCUT2D eigenvalue weighted by Gasteiger charge is 2.32. The molecule has 0 aromatic heterocycles. The van der Waals surface area contributed by atoms with Crippen LogP contribution in [0, 0.1) is 17.8 Å². The first-order chi connectivity index (χ1) is 12.5. The Balaban J connectivity index is 0.00000676. The van der Waals surface area contributed by atoms with Gasteiger partial charge in [-0.15, -0.1) is 24.0 Å². The molecule has 0 saturated heterocycles. The molecule has 0 aromatic carbocycles. The second-order valence-corrected chi connectivity index (χ2v) is 7.42. The lowest BCUT2D eigenvalue weighted by molar-refractivity contribution is 0.146. The highest BCUT2D eigenvalue weighted by atomic mass is 127. The normalized spacial score (nSPS) is 16.3. The molecule has 160 valence electrons. The van der Waals surface area contributed by atoms with E-state index in [1.165, 1.54) is 0 Å². The van der Waals surface area contributed by atoms with Crippen LogP contribution in [0.15, 0.2) is 4.99 Å². The summed E-state index contributed by atoms with van der Waals surface area (Å²) >= 11 is 0. The molecule has 1 saturated carbocycles. The molecule has 7 nitrogen and oxygen atoms in total. The Morgan fingerprint density at radius 1 is 1.26 bits per heavy atom. The fraction of sp³-hybridized carbons (Fsp3) is 0.895. The third-order valence-electron chi connectivity index (χ3n) is 4.45. The minimum Gasteiger partial charge on any atom is -0.450 e. The van der Waals surface area contributed by atoms with Crippen molar-refractivity contribution in [1.82, 2.24) is 16.0 Å². The summed E-state index contributed by atoms with van der Waals surface area (Å²) < 4.78 is 5.00. The predicted octanol–water partition coefficient (Wildman–Crippen LogP) is 2.73. The van der Waals surface area contributed by atoms with Gasteiger partial charge in [0.15, 0.2) is 5.96 Å². The number of aliphatic hydroxyl groups is 1. The van der Waals surface area contributed by atoms with Crippen molar-refractivity contribution < 1.29 is 14.6 Å². The van der Waals surface area contributed by atoms with Crippen molar-refractivity contribution in [3.8, 4) is 0 Å². The van der Waals surface area contributed by atoms with Crippen LogP contribution >= 0.6 is 24.0 Å². The smallest absolute Gasteiger partial charge is 0.407 e. The maximum Gasteiger partial charge on any atom is 0.407 e. The molecule has 1 amide bonds. The van der Waals surface area contributed by atoms with E-state index in [-0.39, 0.29) is 42.7 Å². The lowest BCUT2D eigenvalue weighted by Gasteiger charge is -2.21. The number of amides is 1. The molecule has 2 atom stereocenters. The number of guanidine groups is 1. The fourth-order valence-corrected chi connectivity index (χ4v) is 3.06. The number of hydrogen-bond acceptors (Lipinski definition) is 4. The molecule has 4 N–H and O–H groups in total. The van der Waals surface area contributed by atoms with Gasteiger partial charge in [-0.25, -0.2) is 4.79 Å². The topological polar surface area (TPSA) is 95.0 Å². The number of aliphatic hydroxyl groups excluding tert-OH is 1. The molecule has 1 rings (SSSR count). The Morgan fingerprint density at radius 3 is 2.48 bits per heavy atom. The van der Waals surface area contributed by atoms with Crippen LogP contribution in [0.1, 0.15) is 53.4 Å². The average molecular weight is 498 g/mol. The quantitative estimate of drug-likeness (QED) is 0.189. The van der Waals surface area contributed by atoms with Gasteiger partial charge in [-0.1, -0.05) is 13.8 Å². The van der Waals surface area contributed by atoms with Crippen LogP contribution in [0.2, 0.25) is 0 Å². The minimum atomic E-state index is -0.354. The lowest BCUT2D eigenvalue weighted by atomic mass is 9.94. The van der Waals surface area contributed by atoms with Crippen molar-refractivity contribution in [3.05, 3.63) is 0 Å². The lowest BCUT2D eigenvalue weighted by Crippen LogP contribution is -2.48. The first kappa shape index (κ1) is 26.2. The number of alkyl carbamates (subject to hydrolysis) is 1. The van der Waals surface area contributed by atoms with Gasteiger partial charge in [-0.3, -0.25) is 4.99 Å². The number of nitrogens with zero attached hydrogens (tertiary/aromatic N) is 1. The zero-order valence-corrected chi connectivity index (χ0v) is 19.6. The minimum absolute atomic E-state index is 0. The standard InChI is InChI=1S/C19H38N4O3.HI/c1-5-20-18(21-12-15(9-10-24)11-14(3)4)22-13-17(16-7-8-16)23-19(25)26-6-2;/h14-17,24H,5-13H2,1-4H3,(H,23,25)(H2,20,21,22);1H. The Morgan fingerprint density at radius 2 is 1.96 bits per heavy atom. The molecule has 0 aliphatic heterocycles. The van der Waals surface area contributed by atoms with Gasteiger partial charge in [-0.2, -0.15) is 0 Å². The van der Waals surface area contributed by atoms with Crippen molar-refractivity contribution in [2.24, 2.45) is 22.7 Å². The number of nitrogens with one attached hydrogen (secondary N) is 3. The summed E-state index contributed by atoms with van der Waals surface area (Å²) in [5, 5.41) is 18.8. The van der Waals surface area contributed by atoms with E-state index < -0.39 is 0 Å². The van der Waals surface area contributed by atoms with E-state index in [2.05, 4.69) is 29.8 Å². The summed E-state index contributed by atoms with van der Waals surface area (Å²) in [5.74, 6) is 2.24. The summed E-state index contributed by atoms with van der Waals surface area (Å²) in [5.41, 5.74) is 0. The van der Waals surface area contributed by atoms with E-state index in [1.54, 1.807) is 6.92 Å². The maximum absolute atomic E-state index is 11.7. The fourth-order valence-electron chi connectivity index (χ4n) is 3.06. The van der Waals surface area contributed by atoms with Gasteiger partial charge in [0.25, 0.3) is 0 Å². The summed E-state index contributed by atoms with van der Waals surface area (Å²) in [4.78, 5) is 16.4. The van der Waals surface area contributed by atoms with E-state index in [9.17, 15) is 9.90 Å². The third-order valence-corrected chi connectivity index (χ3v) is 4.45. The first-order valence-corrected chi connectivity index (χ1v) is 10.1. The van der Waals surface area contributed by atoms with Gasteiger partial charge in [0.2, 0.25) is 0 Å². The molecular weight excluding hydrogens is 459 g/mol. The van der Waals surface area contributed by atoms with Crippen LogP contribution < -0.4 is 16.0 Å². The number of halogens is 1. The molecule has 1 aliphatic carbocycles. The molecule has 0 heterocycles. The Bertz CT molecular complexity index is 431. The zero-order chi connectivity index (χ0) is 19.4. The van der Waals surface area contributed by atoms with Gasteiger partial charge >= 0.3 is 6.09 Å². The number of aliphatic imine (C=N–C) groups is 1. The van der Waals surface area contributed by atoms with Crippen LogP contribution in [0.25, 0.3) is 0 Å². The second kappa shape index (κ2) is 15.2. The number of carbonyl (C=O) groups is 1. The molecule has 8 heteroatoms.